The molecule has 0 amide bonds. The van der Waals surface area contributed by atoms with Crippen molar-refractivity contribution >= 4 is 5.97 Å². The predicted molar refractivity (Wildman–Crippen MR) is 68.6 cm³/mol. The molecule has 0 spiro atoms. The Morgan fingerprint density at radius 3 is 2.61 bits per heavy atom. The molecule has 1 aromatic carbocycles. The molecule has 0 atom stereocenters. The fourth-order valence-corrected chi connectivity index (χ4v) is 2.28. The van der Waals surface area contributed by atoms with Gasteiger partial charge < -0.3 is 5.11 Å². The zero-order valence-corrected chi connectivity index (χ0v) is 9.84. The zero-order chi connectivity index (χ0) is 12.5. The number of nitrogens with zero attached hydrogens (tertiary/aromatic N) is 1. The Morgan fingerprint density at radius 1 is 1.17 bits per heavy atom. The number of hydrogen-bond donors (Lipinski definition) is 1. The average molecular weight is 239 g/mol. The van der Waals surface area contributed by atoms with Crippen LogP contribution in [0.5, 0.6) is 0 Å². The summed E-state index contributed by atoms with van der Waals surface area (Å²) in [7, 11) is 0. The van der Waals surface area contributed by atoms with Crippen molar-refractivity contribution in [3.8, 4) is 11.3 Å². The summed E-state index contributed by atoms with van der Waals surface area (Å²) in [5.74, 6) is -0.389. The second-order valence-electron chi connectivity index (χ2n) is 4.56. The minimum absolute atomic E-state index is 0.345. The molecule has 18 heavy (non-hydrogen) atoms. The van der Waals surface area contributed by atoms with Gasteiger partial charge in [-0.15, -0.1) is 0 Å². The third kappa shape index (κ3) is 1.88. The van der Waals surface area contributed by atoms with Crippen LogP contribution in [0.2, 0.25) is 0 Å². The summed E-state index contributed by atoms with van der Waals surface area (Å²) in [6, 6.07) is 11.1. The predicted octanol–water partition coefficient (Wildman–Crippen LogP) is 3.32. The van der Waals surface area contributed by atoms with E-state index >= 15 is 0 Å². The van der Waals surface area contributed by atoms with Gasteiger partial charge in [-0.3, -0.25) is 4.98 Å². The highest BCUT2D eigenvalue weighted by molar-refractivity contribution is 5.96. The number of aromatic nitrogens is 1. The van der Waals surface area contributed by atoms with Crippen LogP contribution < -0.4 is 0 Å². The van der Waals surface area contributed by atoms with Gasteiger partial charge in [0, 0.05) is 11.8 Å². The van der Waals surface area contributed by atoms with Gasteiger partial charge in [0.15, 0.2) is 0 Å². The van der Waals surface area contributed by atoms with Gasteiger partial charge in [-0.1, -0.05) is 18.2 Å². The van der Waals surface area contributed by atoms with E-state index in [9.17, 15) is 9.90 Å². The highest BCUT2D eigenvalue weighted by atomic mass is 16.4. The van der Waals surface area contributed by atoms with Gasteiger partial charge in [0.25, 0.3) is 0 Å². The molecule has 1 heterocycles. The second kappa shape index (κ2) is 4.26. The van der Waals surface area contributed by atoms with Crippen molar-refractivity contribution in [3.05, 3.63) is 53.7 Å². The van der Waals surface area contributed by atoms with Crippen molar-refractivity contribution in [3.63, 3.8) is 0 Å². The van der Waals surface area contributed by atoms with Gasteiger partial charge in [0.1, 0.15) is 0 Å². The number of carboxylic acid groups (broad SMARTS) is 1. The minimum Gasteiger partial charge on any atom is -0.478 e. The highest BCUT2D eigenvalue weighted by Gasteiger charge is 2.29. The quantitative estimate of drug-likeness (QED) is 0.893. The lowest BCUT2D eigenvalue weighted by molar-refractivity contribution is 0.0697. The van der Waals surface area contributed by atoms with Crippen molar-refractivity contribution in [2.75, 3.05) is 0 Å². The van der Waals surface area contributed by atoms with E-state index in [1.54, 1.807) is 12.3 Å². The van der Waals surface area contributed by atoms with E-state index in [-0.39, 0.29) is 0 Å². The highest BCUT2D eigenvalue weighted by Crippen LogP contribution is 2.45. The number of rotatable bonds is 3. The Labute approximate surface area is 105 Å². The molecule has 1 aliphatic rings. The van der Waals surface area contributed by atoms with Crippen molar-refractivity contribution < 1.29 is 9.90 Å². The summed E-state index contributed by atoms with van der Waals surface area (Å²) in [4.78, 5) is 15.7. The Hall–Kier alpha value is -2.16. The van der Waals surface area contributed by atoms with E-state index < -0.39 is 5.97 Å². The summed E-state index contributed by atoms with van der Waals surface area (Å²) in [5, 5.41) is 9.33. The molecule has 90 valence electrons. The molecule has 1 fully saturated rings. The average Bonchev–Trinajstić information content (AvgIpc) is 3.23. The van der Waals surface area contributed by atoms with Crippen LogP contribution >= 0.6 is 0 Å². The van der Waals surface area contributed by atoms with E-state index in [2.05, 4.69) is 4.98 Å². The van der Waals surface area contributed by atoms with Crippen molar-refractivity contribution in [1.82, 2.24) is 4.98 Å². The summed E-state index contributed by atoms with van der Waals surface area (Å²) in [6.07, 6.45) is 3.98. The molecule has 0 bridgehead atoms. The zero-order valence-electron chi connectivity index (χ0n) is 9.84. The molecule has 0 aliphatic heterocycles. The summed E-state index contributed by atoms with van der Waals surface area (Å²) in [5.41, 5.74) is 3.00. The Bertz CT molecular complexity index is 589. The molecule has 1 saturated carbocycles. The van der Waals surface area contributed by atoms with Crippen LogP contribution in [-0.4, -0.2) is 16.1 Å². The van der Waals surface area contributed by atoms with E-state index in [1.165, 1.54) is 0 Å². The molecular formula is C15H13NO2. The van der Waals surface area contributed by atoms with E-state index in [4.69, 9.17) is 0 Å². The monoisotopic (exact) mass is 239 g/mol. The molecule has 3 nitrogen and oxygen atoms in total. The first-order chi connectivity index (χ1) is 8.77. The topological polar surface area (TPSA) is 50.2 Å². The van der Waals surface area contributed by atoms with Gasteiger partial charge >= 0.3 is 5.97 Å². The van der Waals surface area contributed by atoms with Gasteiger partial charge in [-0.25, -0.2) is 4.79 Å². The van der Waals surface area contributed by atoms with E-state index in [0.717, 1.165) is 29.7 Å². The molecule has 0 saturated heterocycles. The maximum Gasteiger partial charge on any atom is 0.336 e. The van der Waals surface area contributed by atoms with Gasteiger partial charge in [0.05, 0.1) is 11.3 Å². The molecular weight excluding hydrogens is 226 g/mol. The molecule has 0 radical (unpaired) electrons. The molecule has 1 aromatic heterocycles. The lowest BCUT2D eigenvalue weighted by Gasteiger charge is -2.11. The molecule has 3 rings (SSSR count). The largest absolute Gasteiger partial charge is 0.478 e. The SMILES string of the molecule is O=C(O)c1cccc(C2CC2)c1-c1ccccn1. The summed E-state index contributed by atoms with van der Waals surface area (Å²) < 4.78 is 0. The normalized spacial score (nSPS) is 14.4. The third-order valence-corrected chi connectivity index (χ3v) is 3.27. The molecule has 3 heteroatoms. The number of carbonyl (C=O) groups is 1. The molecule has 2 aromatic rings. The van der Waals surface area contributed by atoms with Crippen LogP contribution in [0.15, 0.2) is 42.6 Å². The molecule has 1 N–H and O–H groups in total. The Balaban J connectivity index is 2.23. The summed E-state index contributed by atoms with van der Waals surface area (Å²) >= 11 is 0. The van der Waals surface area contributed by atoms with Crippen LogP contribution in [0.3, 0.4) is 0 Å². The first-order valence-corrected chi connectivity index (χ1v) is 6.05. The Kier molecular flexibility index (Phi) is 2.59. The maximum absolute atomic E-state index is 11.4. The van der Waals surface area contributed by atoms with Crippen molar-refractivity contribution in [1.29, 1.82) is 0 Å². The van der Waals surface area contributed by atoms with E-state index in [1.807, 2.05) is 30.3 Å². The minimum atomic E-state index is -0.891. The van der Waals surface area contributed by atoms with Crippen LogP contribution in [0.1, 0.15) is 34.7 Å². The molecule has 1 aliphatic carbocycles. The van der Waals surface area contributed by atoms with Crippen LogP contribution in [0, 0.1) is 0 Å². The fourth-order valence-electron chi connectivity index (χ4n) is 2.28. The third-order valence-electron chi connectivity index (χ3n) is 3.27. The van der Waals surface area contributed by atoms with Crippen molar-refractivity contribution in [2.45, 2.75) is 18.8 Å². The Morgan fingerprint density at radius 2 is 2.00 bits per heavy atom. The number of aromatic carboxylic acids is 1. The molecule has 0 unspecified atom stereocenters. The first-order valence-electron chi connectivity index (χ1n) is 6.05. The van der Waals surface area contributed by atoms with Gasteiger partial charge in [-0.2, -0.15) is 0 Å². The van der Waals surface area contributed by atoms with Crippen molar-refractivity contribution in [2.24, 2.45) is 0 Å². The lowest BCUT2D eigenvalue weighted by Crippen LogP contribution is -2.03. The van der Waals surface area contributed by atoms with Crippen LogP contribution in [0.25, 0.3) is 11.3 Å². The second-order valence-corrected chi connectivity index (χ2v) is 4.56. The summed E-state index contributed by atoms with van der Waals surface area (Å²) in [6.45, 7) is 0. The smallest absolute Gasteiger partial charge is 0.336 e. The standard InChI is InChI=1S/C15H13NO2/c17-15(18)12-5-3-4-11(10-7-8-10)14(12)13-6-1-2-9-16-13/h1-6,9-10H,7-8H2,(H,17,18). The van der Waals surface area contributed by atoms with Crippen LogP contribution in [0.4, 0.5) is 0 Å². The fraction of sp³-hybridized carbons (Fsp3) is 0.200. The first kappa shape index (κ1) is 11.0. The number of hydrogen-bond acceptors (Lipinski definition) is 2. The van der Waals surface area contributed by atoms with Gasteiger partial charge in [-0.05, 0) is 42.5 Å². The van der Waals surface area contributed by atoms with Gasteiger partial charge in [0.2, 0.25) is 0 Å². The van der Waals surface area contributed by atoms with E-state index in [0.29, 0.717) is 11.5 Å². The lowest BCUT2D eigenvalue weighted by atomic mass is 9.95. The number of pyridine rings is 1. The number of benzene rings is 1. The van der Waals surface area contributed by atoms with Crippen LogP contribution in [-0.2, 0) is 0 Å². The number of carboxylic acids is 1. The maximum atomic E-state index is 11.4.